The Labute approximate surface area is 152 Å². The first kappa shape index (κ1) is 23.4. The summed E-state index contributed by atoms with van der Waals surface area (Å²) in [5, 5.41) is 2.75. The summed E-state index contributed by atoms with van der Waals surface area (Å²) in [7, 11) is 1.66. The molecule has 5 heteroatoms. The Bertz CT molecular complexity index is 272. The minimum absolute atomic E-state index is 0. The van der Waals surface area contributed by atoms with Gasteiger partial charge in [0.05, 0.1) is 0 Å². The molecule has 0 aromatic heterocycles. The van der Waals surface area contributed by atoms with Crippen LogP contribution in [0.25, 0.3) is 0 Å². The molecule has 0 bridgehead atoms. The standard InChI is InChI=1S/C16H31NO3.Na.H/c1-4-5-6-7-8-9-10-11-12-13-15(18)20-16(19)14(2)17-3;;/h14,17H,4-13H2,1-3H3;;/t14-;;/m0../s1. The van der Waals surface area contributed by atoms with Crippen molar-refractivity contribution in [1.82, 2.24) is 5.32 Å². The monoisotopic (exact) mass is 309 g/mol. The van der Waals surface area contributed by atoms with E-state index in [1.807, 2.05) is 0 Å². The average molecular weight is 309 g/mol. The molecule has 0 aromatic carbocycles. The molecule has 0 radical (unpaired) electrons. The molecule has 0 unspecified atom stereocenters. The van der Waals surface area contributed by atoms with E-state index in [1.165, 1.54) is 44.9 Å². The van der Waals surface area contributed by atoms with E-state index in [1.54, 1.807) is 14.0 Å². The fourth-order valence-electron chi connectivity index (χ4n) is 1.95. The third-order valence-corrected chi connectivity index (χ3v) is 3.49. The number of hydrogen-bond acceptors (Lipinski definition) is 4. The summed E-state index contributed by atoms with van der Waals surface area (Å²) in [4.78, 5) is 22.7. The third kappa shape index (κ3) is 14.8. The summed E-state index contributed by atoms with van der Waals surface area (Å²) in [5.41, 5.74) is 0. The van der Waals surface area contributed by atoms with Crippen molar-refractivity contribution in [2.45, 2.75) is 84.1 Å². The molecule has 0 aliphatic heterocycles. The van der Waals surface area contributed by atoms with Gasteiger partial charge in [-0.1, -0.05) is 58.3 Å². The zero-order valence-electron chi connectivity index (χ0n) is 13.4. The first-order valence-corrected chi connectivity index (χ1v) is 8.03. The van der Waals surface area contributed by atoms with Crippen molar-refractivity contribution >= 4 is 41.5 Å². The number of carbonyl (C=O) groups excluding carboxylic acids is 2. The molecule has 120 valence electrons. The number of hydrogen-bond donors (Lipinski definition) is 1. The Morgan fingerprint density at radius 3 is 1.90 bits per heavy atom. The first-order valence-electron chi connectivity index (χ1n) is 8.03. The maximum absolute atomic E-state index is 11.4. The summed E-state index contributed by atoms with van der Waals surface area (Å²) >= 11 is 0. The number of esters is 2. The van der Waals surface area contributed by atoms with Gasteiger partial charge in [0, 0.05) is 6.42 Å². The predicted molar refractivity (Wildman–Crippen MR) is 88.6 cm³/mol. The van der Waals surface area contributed by atoms with E-state index in [9.17, 15) is 9.59 Å². The fourth-order valence-corrected chi connectivity index (χ4v) is 1.95. The van der Waals surface area contributed by atoms with Gasteiger partial charge in [0.1, 0.15) is 6.04 Å². The zero-order chi connectivity index (χ0) is 15.2. The van der Waals surface area contributed by atoms with Crippen LogP contribution in [0.5, 0.6) is 0 Å². The normalized spacial score (nSPS) is 11.6. The van der Waals surface area contributed by atoms with Crippen LogP contribution in [0.15, 0.2) is 0 Å². The second kappa shape index (κ2) is 16.5. The van der Waals surface area contributed by atoms with Crippen LogP contribution in [0.1, 0.15) is 78.1 Å². The number of ether oxygens (including phenoxy) is 1. The molecule has 0 amide bonds. The van der Waals surface area contributed by atoms with Gasteiger partial charge in [0.2, 0.25) is 0 Å². The Balaban J connectivity index is 0. The van der Waals surface area contributed by atoms with Gasteiger partial charge in [-0.25, -0.2) is 4.79 Å². The molecule has 0 saturated carbocycles. The minimum atomic E-state index is -0.492. The van der Waals surface area contributed by atoms with Gasteiger partial charge in [0.15, 0.2) is 0 Å². The molecule has 1 atom stereocenters. The van der Waals surface area contributed by atoms with E-state index in [0.29, 0.717) is 6.42 Å². The van der Waals surface area contributed by atoms with E-state index in [4.69, 9.17) is 4.74 Å². The van der Waals surface area contributed by atoms with Gasteiger partial charge in [-0.2, -0.15) is 0 Å². The molecule has 0 aliphatic carbocycles. The summed E-state index contributed by atoms with van der Waals surface area (Å²) < 4.78 is 4.73. The van der Waals surface area contributed by atoms with Gasteiger partial charge < -0.3 is 10.1 Å². The quantitative estimate of drug-likeness (QED) is 0.261. The molecular formula is C16H32NNaO3. The average Bonchev–Trinajstić information content (AvgIpc) is 2.44. The van der Waals surface area contributed by atoms with Gasteiger partial charge >= 0.3 is 41.5 Å². The number of nitrogens with one attached hydrogen (secondary N) is 1. The predicted octanol–water partition coefficient (Wildman–Crippen LogP) is 2.94. The fraction of sp³-hybridized carbons (Fsp3) is 0.875. The van der Waals surface area contributed by atoms with Crippen LogP contribution in [0, 0.1) is 0 Å². The van der Waals surface area contributed by atoms with E-state index < -0.39 is 18.0 Å². The van der Waals surface area contributed by atoms with E-state index in [0.717, 1.165) is 12.8 Å². The second-order valence-corrected chi connectivity index (χ2v) is 5.38. The van der Waals surface area contributed by atoms with Gasteiger partial charge in [-0.15, -0.1) is 0 Å². The van der Waals surface area contributed by atoms with Crippen molar-refractivity contribution in [2.75, 3.05) is 7.05 Å². The van der Waals surface area contributed by atoms with Crippen molar-refractivity contribution < 1.29 is 14.3 Å². The van der Waals surface area contributed by atoms with Gasteiger partial charge in [0.25, 0.3) is 0 Å². The number of unbranched alkanes of at least 4 members (excludes halogenated alkanes) is 8. The van der Waals surface area contributed by atoms with Crippen LogP contribution >= 0.6 is 0 Å². The van der Waals surface area contributed by atoms with Crippen LogP contribution in [-0.2, 0) is 14.3 Å². The molecule has 0 heterocycles. The van der Waals surface area contributed by atoms with E-state index in [2.05, 4.69) is 12.2 Å². The molecule has 1 N–H and O–H groups in total. The summed E-state index contributed by atoms with van der Waals surface area (Å²) in [5.74, 6) is -0.895. The second-order valence-electron chi connectivity index (χ2n) is 5.38. The van der Waals surface area contributed by atoms with Crippen LogP contribution in [-0.4, -0.2) is 54.6 Å². The topological polar surface area (TPSA) is 55.4 Å². The van der Waals surface area contributed by atoms with Crippen molar-refractivity contribution in [3.63, 3.8) is 0 Å². The van der Waals surface area contributed by atoms with Crippen LogP contribution in [0.3, 0.4) is 0 Å². The van der Waals surface area contributed by atoms with Crippen LogP contribution in [0.4, 0.5) is 0 Å². The summed E-state index contributed by atoms with van der Waals surface area (Å²) in [6.07, 6.45) is 11.2. The molecule has 4 nitrogen and oxygen atoms in total. The van der Waals surface area contributed by atoms with Crippen molar-refractivity contribution in [3.05, 3.63) is 0 Å². The summed E-state index contributed by atoms with van der Waals surface area (Å²) in [6.45, 7) is 3.90. The Morgan fingerprint density at radius 2 is 1.43 bits per heavy atom. The van der Waals surface area contributed by atoms with Crippen molar-refractivity contribution in [1.29, 1.82) is 0 Å². The van der Waals surface area contributed by atoms with Crippen LogP contribution < -0.4 is 5.32 Å². The molecule has 0 saturated heterocycles. The molecule has 0 rings (SSSR count). The zero-order valence-corrected chi connectivity index (χ0v) is 13.4. The van der Waals surface area contributed by atoms with Gasteiger partial charge in [-0.05, 0) is 20.4 Å². The Hall–Kier alpha value is 0.1000. The molecule has 0 fully saturated rings. The molecule has 0 spiro atoms. The van der Waals surface area contributed by atoms with Crippen molar-refractivity contribution in [2.24, 2.45) is 0 Å². The Kier molecular flexibility index (Phi) is 18.3. The van der Waals surface area contributed by atoms with E-state index >= 15 is 0 Å². The molecule has 0 aliphatic rings. The maximum atomic E-state index is 11.4. The number of rotatable bonds is 12. The van der Waals surface area contributed by atoms with Crippen molar-refractivity contribution in [3.8, 4) is 0 Å². The SMILES string of the molecule is CCCCCCCCCCCC(=O)OC(=O)[C@H](C)NC.[NaH]. The van der Waals surface area contributed by atoms with Crippen LogP contribution in [0.2, 0.25) is 0 Å². The number of likely N-dealkylation sites (N-methyl/N-ethyl adjacent to an activating group) is 1. The first-order chi connectivity index (χ1) is 9.61. The van der Waals surface area contributed by atoms with E-state index in [-0.39, 0.29) is 29.6 Å². The Morgan fingerprint density at radius 1 is 0.952 bits per heavy atom. The summed E-state index contributed by atoms with van der Waals surface area (Å²) in [6, 6.07) is -0.429. The molecule has 0 aromatic rings. The molecule has 21 heavy (non-hydrogen) atoms. The number of carbonyl (C=O) groups is 2. The molecular weight excluding hydrogens is 277 g/mol. The third-order valence-electron chi connectivity index (χ3n) is 3.49. The van der Waals surface area contributed by atoms with Gasteiger partial charge in [-0.3, -0.25) is 4.79 Å².